The minimum atomic E-state index is -1.08. The Hall–Kier alpha value is -3.09. The van der Waals surface area contributed by atoms with Gasteiger partial charge in [-0.1, -0.05) is 13.0 Å². The molecule has 0 saturated carbocycles. The van der Waals surface area contributed by atoms with E-state index in [0.29, 0.717) is 11.8 Å². The third-order valence-corrected chi connectivity index (χ3v) is 3.97. The Bertz CT molecular complexity index is 881. The Balaban J connectivity index is 2.20. The van der Waals surface area contributed by atoms with Crippen molar-refractivity contribution in [2.75, 3.05) is 4.90 Å². The van der Waals surface area contributed by atoms with Gasteiger partial charge in [0.05, 0.1) is 17.0 Å². The number of aliphatic hydroxyl groups is 1. The van der Waals surface area contributed by atoms with Gasteiger partial charge in [0.15, 0.2) is 11.5 Å². The van der Waals surface area contributed by atoms with Crippen molar-refractivity contribution in [2.45, 2.75) is 19.4 Å². The molecule has 0 radical (unpaired) electrons. The van der Waals surface area contributed by atoms with Crippen LogP contribution in [0.3, 0.4) is 0 Å². The number of Topliss-reactive ketones (excluding diaryl/α,β-unsaturated/α-hetero) is 1. The lowest BCUT2D eigenvalue weighted by atomic mass is 9.98. The van der Waals surface area contributed by atoms with Crippen molar-refractivity contribution in [2.24, 2.45) is 0 Å². The van der Waals surface area contributed by atoms with Crippen molar-refractivity contribution < 1.29 is 23.5 Å². The standard InChI is InChI=1S/C18H14F2N2O3/c1-2-14(23)15-16(12-5-3-4-8-21-12)22(18(25)17(15)24)13-7-6-10(19)9-11(13)20/h3-9,16,24H,2H2,1H3. The number of hydrogen-bond acceptors (Lipinski definition) is 4. The number of nitrogens with zero attached hydrogens (tertiary/aromatic N) is 2. The van der Waals surface area contributed by atoms with E-state index in [9.17, 15) is 23.5 Å². The summed E-state index contributed by atoms with van der Waals surface area (Å²) in [6, 6.07) is 6.50. The normalized spacial score (nSPS) is 17.3. The largest absolute Gasteiger partial charge is 0.503 e. The SMILES string of the molecule is CCC(=O)C1=C(O)C(=O)N(c2ccc(F)cc2F)C1c1ccccn1. The van der Waals surface area contributed by atoms with E-state index in [-0.39, 0.29) is 17.7 Å². The summed E-state index contributed by atoms with van der Waals surface area (Å²) < 4.78 is 27.5. The zero-order valence-corrected chi connectivity index (χ0v) is 13.2. The van der Waals surface area contributed by atoms with Gasteiger partial charge in [0.1, 0.15) is 17.7 Å². The lowest BCUT2D eigenvalue weighted by Crippen LogP contribution is -2.32. The number of benzene rings is 1. The van der Waals surface area contributed by atoms with Crippen LogP contribution < -0.4 is 4.90 Å². The highest BCUT2D eigenvalue weighted by molar-refractivity contribution is 6.16. The lowest BCUT2D eigenvalue weighted by Gasteiger charge is -2.26. The maximum absolute atomic E-state index is 14.3. The molecule has 2 heterocycles. The highest BCUT2D eigenvalue weighted by atomic mass is 19.1. The molecule has 1 unspecified atom stereocenters. The Morgan fingerprint density at radius 1 is 1.28 bits per heavy atom. The molecule has 0 saturated heterocycles. The van der Waals surface area contributed by atoms with Crippen molar-refractivity contribution in [3.8, 4) is 0 Å². The highest BCUT2D eigenvalue weighted by Gasteiger charge is 2.45. The van der Waals surface area contributed by atoms with E-state index < -0.39 is 35.1 Å². The topological polar surface area (TPSA) is 70.5 Å². The van der Waals surface area contributed by atoms with Crippen molar-refractivity contribution in [3.05, 3.63) is 71.3 Å². The zero-order chi connectivity index (χ0) is 18.1. The summed E-state index contributed by atoms with van der Waals surface area (Å²) in [7, 11) is 0. The minimum absolute atomic E-state index is 0.0513. The van der Waals surface area contributed by atoms with Gasteiger partial charge in [-0.3, -0.25) is 19.5 Å². The van der Waals surface area contributed by atoms with Gasteiger partial charge in [-0.25, -0.2) is 8.78 Å². The molecular formula is C18H14F2N2O3. The Morgan fingerprint density at radius 2 is 2.04 bits per heavy atom. The Labute approximate surface area is 142 Å². The molecule has 128 valence electrons. The van der Waals surface area contributed by atoms with Crippen molar-refractivity contribution in [1.29, 1.82) is 0 Å². The Kier molecular flexibility index (Phi) is 4.31. The number of halogens is 2. The number of carbonyl (C=O) groups is 2. The number of hydrogen-bond donors (Lipinski definition) is 1. The van der Waals surface area contributed by atoms with Crippen LogP contribution in [0.25, 0.3) is 0 Å². The van der Waals surface area contributed by atoms with Gasteiger partial charge in [-0.15, -0.1) is 0 Å². The summed E-state index contributed by atoms with van der Waals surface area (Å²) in [5, 5.41) is 10.2. The van der Waals surface area contributed by atoms with Gasteiger partial charge in [-0.05, 0) is 24.3 Å². The summed E-state index contributed by atoms with van der Waals surface area (Å²) in [4.78, 5) is 29.9. The third kappa shape index (κ3) is 2.77. The van der Waals surface area contributed by atoms with Gasteiger partial charge in [0.2, 0.25) is 0 Å². The first-order valence-corrected chi connectivity index (χ1v) is 7.61. The fraction of sp³-hybridized carbons (Fsp3) is 0.167. The first kappa shape index (κ1) is 16.8. The summed E-state index contributed by atoms with van der Waals surface area (Å²) in [5.74, 6) is -3.91. The number of pyridine rings is 1. The molecular weight excluding hydrogens is 330 g/mol. The molecule has 0 fully saturated rings. The second-order valence-corrected chi connectivity index (χ2v) is 5.47. The van der Waals surface area contributed by atoms with E-state index in [4.69, 9.17) is 0 Å². The van der Waals surface area contributed by atoms with Gasteiger partial charge in [0.25, 0.3) is 5.91 Å². The van der Waals surface area contributed by atoms with Crippen molar-refractivity contribution in [3.63, 3.8) is 0 Å². The lowest BCUT2D eigenvalue weighted by molar-refractivity contribution is -0.118. The van der Waals surface area contributed by atoms with E-state index in [1.807, 2.05) is 0 Å². The fourth-order valence-electron chi connectivity index (χ4n) is 2.82. The van der Waals surface area contributed by atoms with Crippen LogP contribution in [-0.4, -0.2) is 21.8 Å². The Morgan fingerprint density at radius 3 is 2.64 bits per heavy atom. The van der Waals surface area contributed by atoms with Gasteiger partial charge < -0.3 is 5.11 Å². The number of rotatable bonds is 4. The fourth-order valence-corrected chi connectivity index (χ4v) is 2.82. The zero-order valence-electron chi connectivity index (χ0n) is 13.2. The monoisotopic (exact) mass is 344 g/mol. The summed E-state index contributed by atoms with van der Waals surface area (Å²) >= 11 is 0. The molecule has 7 heteroatoms. The summed E-state index contributed by atoms with van der Waals surface area (Å²) in [5.41, 5.74) is -0.0946. The average molecular weight is 344 g/mol. The first-order valence-electron chi connectivity index (χ1n) is 7.61. The number of carbonyl (C=O) groups excluding carboxylic acids is 2. The number of aromatic nitrogens is 1. The second-order valence-electron chi connectivity index (χ2n) is 5.47. The van der Waals surface area contributed by atoms with E-state index in [0.717, 1.165) is 17.0 Å². The highest BCUT2D eigenvalue weighted by Crippen LogP contribution is 2.41. The van der Waals surface area contributed by atoms with Gasteiger partial charge in [-0.2, -0.15) is 0 Å². The van der Waals surface area contributed by atoms with Crippen LogP contribution in [0.2, 0.25) is 0 Å². The molecule has 0 aliphatic carbocycles. The van der Waals surface area contributed by atoms with Crippen LogP contribution in [0.4, 0.5) is 14.5 Å². The number of amides is 1. The van der Waals surface area contributed by atoms with Gasteiger partial charge in [0, 0.05) is 18.7 Å². The molecule has 0 spiro atoms. The molecule has 0 bridgehead atoms. The van der Waals surface area contributed by atoms with Gasteiger partial charge >= 0.3 is 0 Å². The molecule has 1 aliphatic heterocycles. The van der Waals surface area contributed by atoms with Crippen molar-refractivity contribution >= 4 is 17.4 Å². The first-order chi connectivity index (χ1) is 12.0. The second kappa shape index (κ2) is 6.43. The van der Waals surface area contributed by atoms with E-state index >= 15 is 0 Å². The number of aliphatic hydroxyl groups excluding tert-OH is 1. The van der Waals surface area contributed by atoms with Crippen molar-refractivity contribution in [1.82, 2.24) is 4.98 Å². The van der Waals surface area contributed by atoms with Crippen LogP contribution in [0, 0.1) is 11.6 Å². The third-order valence-electron chi connectivity index (χ3n) is 3.97. The number of ketones is 1. The predicted molar refractivity (Wildman–Crippen MR) is 85.8 cm³/mol. The van der Waals surface area contributed by atoms with Crippen LogP contribution in [0.5, 0.6) is 0 Å². The molecule has 3 rings (SSSR count). The smallest absolute Gasteiger partial charge is 0.294 e. The molecule has 1 atom stereocenters. The molecule has 25 heavy (non-hydrogen) atoms. The maximum atomic E-state index is 14.3. The molecule has 1 aliphatic rings. The van der Waals surface area contributed by atoms with Crippen LogP contribution >= 0.6 is 0 Å². The average Bonchev–Trinajstić information content (AvgIpc) is 2.87. The van der Waals surface area contributed by atoms with Crippen LogP contribution in [0.1, 0.15) is 25.1 Å². The minimum Gasteiger partial charge on any atom is -0.503 e. The van der Waals surface area contributed by atoms with Crippen LogP contribution in [0.15, 0.2) is 53.9 Å². The predicted octanol–water partition coefficient (Wildman–Crippen LogP) is 3.24. The maximum Gasteiger partial charge on any atom is 0.294 e. The summed E-state index contributed by atoms with van der Waals surface area (Å²) in [6.45, 7) is 1.59. The molecule has 1 amide bonds. The molecule has 1 aromatic heterocycles. The molecule has 1 aromatic carbocycles. The summed E-state index contributed by atoms with van der Waals surface area (Å²) in [6.07, 6.45) is 1.51. The number of anilines is 1. The van der Waals surface area contributed by atoms with E-state index in [2.05, 4.69) is 4.98 Å². The quantitative estimate of drug-likeness (QED) is 0.924. The van der Waals surface area contributed by atoms with E-state index in [1.165, 1.54) is 6.20 Å². The van der Waals surface area contributed by atoms with E-state index in [1.54, 1.807) is 25.1 Å². The molecule has 5 nitrogen and oxygen atoms in total. The van der Waals surface area contributed by atoms with Crippen LogP contribution in [-0.2, 0) is 9.59 Å². The molecule has 1 N–H and O–H groups in total. The molecule has 2 aromatic rings.